The molecule has 2 heterocycles. The van der Waals surface area contributed by atoms with E-state index in [9.17, 15) is 9.59 Å². The summed E-state index contributed by atoms with van der Waals surface area (Å²) < 4.78 is 0. The molecule has 1 aromatic heterocycles. The number of amides is 2. The lowest BCUT2D eigenvalue weighted by Crippen LogP contribution is -2.55. The van der Waals surface area contributed by atoms with Gasteiger partial charge in [-0.25, -0.2) is 4.98 Å². The molecule has 0 bridgehead atoms. The van der Waals surface area contributed by atoms with Crippen LogP contribution in [-0.4, -0.2) is 33.8 Å². The normalized spacial score (nSPS) is 23.2. The van der Waals surface area contributed by atoms with E-state index in [2.05, 4.69) is 10.3 Å². The molecular weight excluding hydrogens is 286 g/mol. The zero-order valence-electron chi connectivity index (χ0n) is 12.5. The molecule has 2 fully saturated rings. The van der Waals surface area contributed by atoms with Crippen LogP contribution in [0.25, 0.3) is 0 Å². The van der Waals surface area contributed by atoms with Crippen LogP contribution in [-0.2, 0) is 9.59 Å². The van der Waals surface area contributed by atoms with Crippen molar-refractivity contribution in [3.05, 3.63) is 16.1 Å². The standard InChI is InChI=1S/C15H21N3O2S/c1-10-9-16-13(21-10)11(2)18-8-5-12(19)17-15(14(18)20)6-3-4-7-15/h9,11H,3-8H2,1-2H3,(H,17,19). The highest BCUT2D eigenvalue weighted by molar-refractivity contribution is 7.11. The molecule has 1 saturated heterocycles. The third kappa shape index (κ3) is 2.57. The van der Waals surface area contributed by atoms with E-state index in [1.807, 2.05) is 24.9 Å². The van der Waals surface area contributed by atoms with Crippen molar-refractivity contribution in [1.29, 1.82) is 0 Å². The highest BCUT2D eigenvalue weighted by Gasteiger charge is 2.47. The number of hydrogen-bond acceptors (Lipinski definition) is 4. The Morgan fingerprint density at radius 2 is 2.10 bits per heavy atom. The monoisotopic (exact) mass is 307 g/mol. The molecule has 3 rings (SSSR count). The molecule has 21 heavy (non-hydrogen) atoms. The number of nitrogens with one attached hydrogen (secondary N) is 1. The molecule has 114 valence electrons. The maximum Gasteiger partial charge on any atom is 0.248 e. The lowest BCUT2D eigenvalue weighted by Gasteiger charge is -2.34. The van der Waals surface area contributed by atoms with Crippen LogP contribution < -0.4 is 5.32 Å². The molecular formula is C15H21N3O2S. The predicted molar refractivity (Wildman–Crippen MR) is 80.9 cm³/mol. The summed E-state index contributed by atoms with van der Waals surface area (Å²) in [5, 5.41) is 3.95. The third-order valence-electron chi connectivity index (χ3n) is 4.55. The van der Waals surface area contributed by atoms with Crippen LogP contribution in [0.5, 0.6) is 0 Å². The number of hydrogen-bond donors (Lipinski definition) is 1. The lowest BCUT2D eigenvalue weighted by molar-refractivity contribution is -0.140. The second-order valence-corrected chi connectivity index (χ2v) is 7.34. The second-order valence-electron chi connectivity index (χ2n) is 6.07. The molecule has 1 spiro atoms. The van der Waals surface area contributed by atoms with Crippen LogP contribution in [0.3, 0.4) is 0 Å². The smallest absolute Gasteiger partial charge is 0.248 e. The lowest BCUT2D eigenvalue weighted by atomic mass is 9.95. The fourth-order valence-electron chi connectivity index (χ4n) is 3.37. The molecule has 2 amide bonds. The van der Waals surface area contributed by atoms with E-state index < -0.39 is 5.54 Å². The minimum absolute atomic E-state index is 0.00438. The first-order valence-electron chi connectivity index (χ1n) is 7.56. The Morgan fingerprint density at radius 3 is 2.71 bits per heavy atom. The maximum atomic E-state index is 13.0. The van der Waals surface area contributed by atoms with Gasteiger partial charge in [-0.3, -0.25) is 9.59 Å². The van der Waals surface area contributed by atoms with Gasteiger partial charge < -0.3 is 10.2 Å². The van der Waals surface area contributed by atoms with Crippen LogP contribution in [0, 0.1) is 6.92 Å². The first kappa shape index (κ1) is 14.5. The van der Waals surface area contributed by atoms with Crippen LogP contribution in [0.15, 0.2) is 6.20 Å². The minimum Gasteiger partial charge on any atom is -0.342 e. The van der Waals surface area contributed by atoms with Crippen LogP contribution >= 0.6 is 11.3 Å². The van der Waals surface area contributed by atoms with Crippen molar-refractivity contribution in [2.24, 2.45) is 0 Å². The Morgan fingerprint density at radius 1 is 1.38 bits per heavy atom. The average Bonchev–Trinajstić information content (AvgIpc) is 3.05. The summed E-state index contributed by atoms with van der Waals surface area (Å²) in [6, 6.07) is -0.0682. The van der Waals surface area contributed by atoms with Gasteiger partial charge in [0.1, 0.15) is 10.5 Å². The van der Waals surface area contributed by atoms with Crippen LogP contribution in [0.1, 0.15) is 55.0 Å². The fraction of sp³-hybridized carbons (Fsp3) is 0.667. The highest BCUT2D eigenvalue weighted by Crippen LogP contribution is 2.36. The molecule has 0 radical (unpaired) electrons. The van der Waals surface area contributed by atoms with Gasteiger partial charge in [0.05, 0.1) is 6.04 Å². The van der Waals surface area contributed by atoms with Gasteiger partial charge in [-0.2, -0.15) is 0 Å². The zero-order chi connectivity index (χ0) is 15.0. The summed E-state index contributed by atoms with van der Waals surface area (Å²) in [5.74, 6) is 0.0708. The van der Waals surface area contributed by atoms with E-state index in [1.165, 1.54) is 0 Å². The van der Waals surface area contributed by atoms with E-state index in [0.717, 1.165) is 35.6 Å². The van der Waals surface area contributed by atoms with Crippen molar-refractivity contribution in [1.82, 2.24) is 15.2 Å². The van der Waals surface area contributed by atoms with Crippen LogP contribution in [0.4, 0.5) is 0 Å². The SMILES string of the molecule is Cc1cnc(C(C)N2CCC(=O)NC3(CCCC3)C2=O)s1. The number of aryl methyl sites for hydroxylation is 1. The highest BCUT2D eigenvalue weighted by atomic mass is 32.1. The molecule has 2 aliphatic rings. The molecule has 1 atom stereocenters. The van der Waals surface area contributed by atoms with Gasteiger partial charge in [0.25, 0.3) is 0 Å². The predicted octanol–water partition coefficient (Wildman–Crippen LogP) is 2.17. The van der Waals surface area contributed by atoms with E-state index in [-0.39, 0.29) is 17.9 Å². The molecule has 1 unspecified atom stereocenters. The number of carbonyl (C=O) groups is 2. The summed E-state index contributed by atoms with van der Waals surface area (Å²) in [5.41, 5.74) is -0.659. The quantitative estimate of drug-likeness (QED) is 0.911. The fourth-order valence-corrected chi connectivity index (χ4v) is 4.21. The molecule has 6 heteroatoms. The van der Waals surface area contributed by atoms with E-state index in [1.54, 1.807) is 11.3 Å². The van der Waals surface area contributed by atoms with Crippen molar-refractivity contribution < 1.29 is 9.59 Å². The summed E-state index contributed by atoms with van der Waals surface area (Å²) >= 11 is 1.62. The molecule has 5 nitrogen and oxygen atoms in total. The Hall–Kier alpha value is -1.43. The summed E-state index contributed by atoms with van der Waals surface area (Å²) in [7, 11) is 0. The van der Waals surface area contributed by atoms with Gasteiger partial charge in [-0.15, -0.1) is 11.3 Å². The van der Waals surface area contributed by atoms with Gasteiger partial charge in [0.15, 0.2) is 0 Å². The number of thiazole rings is 1. The van der Waals surface area contributed by atoms with Crippen molar-refractivity contribution in [3.63, 3.8) is 0 Å². The largest absolute Gasteiger partial charge is 0.342 e. The topological polar surface area (TPSA) is 62.3 Å². The van der Waals surface area contributed by atoms with E-state index in [0.29, 0.717) is 13.0 Å². The number of rotatable bonds is 2. The Bertz CT molecular complexity index is 563. The molecule has 1 aliphatic carbocycles. The third-order valence-corrected chi connectivity index (χ3v) is 5.63. The summed E-state index contributed by atoms with van der Waals surface area (Å²) in [6.07, 6.45) is 5.75. The van der Waals surface area contributed by atoms with Gasteiger partial charge in [-0.1, -0.05) is 12.8 Å². The number of carbonyl (C=O) groups excluding carboxylic acids is 2. The zero-order valence-corrected chi connectivity index (χ0v) is 13.3. The summed E-state index contributed by atoms with van der Waals surface area (Å²) in [6.45, 7) is 4.50. The molecule has 1 aromatic rings. The van der Waals surface area contributed by atoms with Gasteiger partial charge >= 0.3 is 0 Å². The van der Waals surface area contributed by atoms with E-state index >= 15 is 0 Å². The summed E-state index contributed by atoms with van der Waals surface area (Å²) in [4.78, 5) is 32.4. The Balaban J connectivity index is 1.90. The molecule has 1 saturated carbocycles. The number of aromatic nitrogens is 1. The van der Waals surface area contributed by atoms with Gasteiger partial charge in [0.2, 0.25) is 11.8 Å². The van der Waals surface area contributed by atoms with E-state index in [4.69, 9.17) is 0 Å². The molecule has 0 aromatic carbocycles. The second kappa shape index (κ2) is 5.40. The Kier molecular flexibility index (Phi) is 3.73. The first-order valence-corrected chi connectivity index (χ1v) is 8.38. The van der Waals surface area contributed by atoms with Crippen molar-refractivity contribution >= 4 is 23.2 Å². The number of nitrogens with zero attached hydrogens (tertiary/aromatic N) is 2. The maximum absolute atomic E-state index is 13.0. The molecule has 1 aliphatic heterocycles. The van der Waals surface area contributed by atoms with Gasteiger partial charge in [0, 0.05) is 24.0 Å². The first-order chi connectivity index (χ1) is 10.0. The Labute approximate surface area is 128 Å². The average molecular weight is 307 g/mol. The molecule has 1 N–H and O–H groups in total. The van der Waals surface area contributed by atoms with Crippen LogP contribution in [0.2, 0.25) is 0 Å². The van der Waals surface area contributed by atoms with Crippen molar-refractivity contribution in [2.45, 2.75) is 57.5 Å². The van der Waals surface area contributed by atoms with Crippen molar-refractivity contribution in [2.75, 3.05) is 6.54 Å². The minimum atomic E-state index is -0.659. The van der Waals surface area contributed by atoms with Gasteiger partial charge in [-0.05, 0) is 26.7 Å². The van der Waals surface area contributed by atoms with Crippen molar-refractivity contribution in [3.8, 4) is 0 Å².